The Hall–Kier alpha value is -2.03. The number of nitrogens with zero attached hydrogens (tertiary/aromatic N) is 4. The minimum Gasteiger partial charge on any atom is -0.335 e. The van der Waals surface area contributed by atoms with Crippen LogP contribution >= 0.6 is 0 Å². The molecule has 0 aromatic carbocycles. The number of fused-ring (bicyclic) bond motifs is 1. The zero-order valence-corrected chi connectivity index (χ0v) is 15.1. The number of aromatic nitrogens is 2. The summed E-state index contributed by atoms with van der Waals surface area (Å²) in [6.45, 7) is 4.55. The van der Waals surface area contributed by atoms with Gasteiger partial charge in [0.2, 0.25) is 5.91 Å². The molecular weight excluding hydrogens is 344 g/mol. The van der Waals surface area contributed by atoms with Gasteiger partial charge in [0.25, 0.3) is 5.91 Å². The van der Waals surface area contributed by atoms with Crippen LogP contribution in [0.25, 0.3) is 0 Å². The molecular formula is C16H22N4O4S. The highest BCUT2D eigenvalue weighted by Crippen LogP contribution is 2.28. The van der Waals surface area contributed by atoms with E-state index in [0.717, 1.165) is 0 Å². The van der Waals surface area contributed by atoms with Crippen LogP contribution in [0.1, 0.15) is 30.8 Å². The van der Waals surface area contributed by atoms with Gasteiger partial charge in [-0.1, -0.05) is 13.8 Å². The van der Waals surface area contributed by atoms with Crippen molar-refractivity contribution in [1.29, 1.82) is 0 Å². The Bertz CT molecular complexity index is 766. The Morgan fingerprint density at radius 1 is 1.16 bits per heavy atom. The Morgan fingerprint density at radius 3 is 2.40 bits per heavy atom. The lowest BCUT2D eigenvalue weighted by Gasteiger charge is -2.44. The molecule has 0 N–H and O–H groups in total. The lowest BCUT2D eigenvalue weighted by molar-refractivity contribution is -0.137. The summed E-state index contributed by atoms with van der Waals surface area (Å²) in [5.41, 5.74) is 0.188. The fourth-order valence-electron chi connectivity index (χ4n) is 3.54. The molecule has 1 aromatic rings. The van der Waals surface area contributed by atoms with Gasteiger partial charge >= 0.3 is 0 Å². The van der Waals surface area contributed by atoms with Gasteiger partial charge in [-0.3, -0.25) is 14.6 Å². The Balaban J connectivity index is 1.86. The minimum atomic E-state index is -3.30. The first-order chi connectivity index (χ1) is 11.8. The Labute approximate surface area is 147 Å². The SMILES string of the molecule is CC(C)CC(=O)N1CCN(C(=O)c2cnccn2)[C@@H]2CS(=O)(=O)C[C@@H]21. The molecule has 2 amide bonds. The zero-order chi connectivity index (χ0) is 18.2. The Morgan fingerprint density at radius 2 is 1.80 bits per heavy atom. The van der Waals surface area contributed by atoms with Crippen molar-refractivity contribution in [2.75, 3.05) is 24.6 Å². The Kier molecular flexibility index (Phi) is 4.77. The topological polar surface area (TPSA) is 101 Å². The number of piperazine rings is 1. The number of rotatable bonds is 3. The van der Waals surface area contributed by atoms with E-state index in [0.29, 0.717) is 19.5 Å². The number of sulfone groups is 1. The molecule has 2 atom stereocenters. The molecule has 0 aliphatic carbocycles. The van der Waals surface area contributed by atoms with Crippen molar-refractivity contribution in [3.63, 3.8) is 0 Å². The van der Waals surface area contributed by atoms with Crippen molar-refractivity contribution < 1.29 is 18.0 Å². The van der Waals surface area contributed by atoms with Gasteiger partial charge in [0.05, 0.1) is 29.8 Å². The monoisotopic (exact) mass is 366 g/mol. The van der Waals surface area contributed by atoms with Crippen molar-refractivity contribution in [3.8, 4) is 0 Å². The van der Waals surface area contributed by atoms with Gasteiger partial charge in [0, 0.05) is 31.9 Å². The first kappa shape index (κ1) is 17.8. The number of amides is 2. The molecule has 25 heavy (non-hydrogen) atoms. The normalized spacial score (nSPS) is 25.1. The third kappa shape index (κ3) is 3.65. The number of hydrogen-bond acceptors (Lipinski definition) is 6. The molecule has 136 valence electrons. The molecule has 3 rings (SSSR count). The number of carbonyl (C=O) groups excluding carboxylic acids is 2. The average molecular weight is 366 g/mol. The molecule has 8 nitrogen and oxygen atoms in total. The van der Waals surface area contributed by atoms with E-state index in [1.165, 1.54) is 18.6 Å². The average Bonchev–Trinajstić information content (AvgIpc) is 2.88. The van der Waals surface area contributed by atoms with E-state index < -0.39 is 21.9 Å². The van der Waals surface area contributed by atoms with Gasteiger partial charge in [-0.2, -0.15) is 0 Å². The summed E-state index contributed by atoms with van der Waals surface area (Å²) in [5, 5.41) is 0. The van der Waals surface area contributed by atoms with E-state index in [2.05, 4.69) is 9.97 Å². The maximum absolute atomic E-state index is 12.7. The van der Waals surface area contributed by atoms with Crippen LogP contribution in [0.4, 0.5) is 0 Å². The van der Waals surface area contributed by atoms with Gasteiger partial charge in [0.1, 0.15) is 5.69 Å². The molecule has 0 unspecified atom stereocenters. The summed E-state index contributed by atoms with van der Waals surface area (Å²) in [7, 11) is -3.30. The molecule has 1 aromatic heterocycles. The first-order valence-corrected chi connectivity index (χ1v) is 10.2. The van der Waals surface area contributed by atoms with Crippen molar-refractivity contribution in [2.45, 2.75) is 32.4 Å². The quantitative estimate of drug-likeness (QED) is 0.745. The maximum Gasteiger partial charge on any atom is 0.274 e. The second-order valence-corrected chi connectivity index (χ2v) is 9.14. The van der Waals surface area contributed by atoms with Crippen LogP contribution in [0, 0.1) is 5.92 Å². The first-order valence-electron chi connectivity index (χ1n) is 8.35. The van der Waals surface area contributed by atoms with E-state index in [1.54, 1.807) is 9.80 Å². The largest absolute Gasteiger partial charge is 0.335 e. The zero-order valence-electron chi connectivity index (χ0n) is 14.3. The summed E-state index contributed by atoms with van der Waals surface area (Å²) in [6, 6.07) is -1.00. The van der Waals surface area contributed by atoms with E-state index in [-0.39, 0.29) is 34.9 Å². The number of hydrogen-bond donors (Lipinski definition) is 0. The highest BCUT2D eigenvalue weighted by Gasteiger charge is 2.49. The van der Waals surface area contributed by atoms with Crippen molar-refractivity contribution in [1.82, 2.24) is 19.8 Å². The summed E-state index contributed by atoms with van der Waals surface area (Å²) in [4.78, 5) is 36.3. The van der Waals surface area contributed by atoms with Crippen LogP contribution in [0.5, 0.6) is 0 Å². The van der Waals surface area contributed by atoms with E-state index in [9.17, 15) is 18.0 Å². The van der Waals surface area contributed by atoms with Gasteiger partial charge in [0.15, 0.2) is 9.84 Å². The minimum absolute atomic E-state index is 0.0475. The van der Waals surface area contributed by atoms with E-state index in [1.807, 2.05) is 13.8 Å². The smallest absolute Gasteiger partial charge is 0.274 e. The second kappa shape index (κ2) is 6.70. The molecule has 2 saturated heterocycles. The third-order valence-corrected chi connectivity index (χ3v) is 6.32. The van der Waals surface area contributed by atoms with E-state index in [4.69, 9.17) is 0 Å². The second-order valence-electron chi connectivity index (χ2n) is 6.99. The predicted octanol–water partition coefficient (Wildman–Crippen LogP) is -0.0273. The van der Waals surface area contributed by atoms with Crippen molar-refractivity contribution in [2.24, 2.45) is 5.92 Å². The molecule has 2 fully saturated rings. The van der Waals surface area contributed by atoms with Gasteiger partial charge in [-0.15, -0.1) is 0 Å². The summed E-state index contributed by atoms with van der Waals surface area (Å²) >= 11 is 0. The van der Waals surface area contributed by atoms with Crippen LogP contribution in [0.15, 0.2) is 18.6 Å². The summed E-state index contributed by atoms with van der Waals surface area (Å²) in [6.07, 6.45) is 4.65. The predicted molar refractivity (Wildman–Crippen MR) is 90.5 cm³/mol. The molecule has 0 bridgehead atoms. The number of carbonyl (C=O) groups is 2. The van der Waals surface area contributed by atoms with E-state index >= 15 is 0 Å². The standard InChI is InChI=1S/C16H22N4O4S/c1-11(2)7-15(21)19-5-6-20(14-10-25(23,24)9-13(14)19)16(22)12-8-17-3-4-18-12/h3-4,8,11,13-14H,5-7,9-10H2,1-2H3/t13-,14+/m0/s1. The van der Waals surface area contributed by atoms with Gasteiger partial charge in [-0.05, 0) is 5.92 Å². The summed E-state index contributed by atoms with van der Waals surface area (Å²) < 4.78 is 24.4. The van der Waals surface area contributed by atoms with Crippen LogP contribution in [-0.4, -0.2) is 76.7 Å². The van der Waals surface area contributed by atoms with Crippen LogP contribution < -0.4 is 0 Å². The molecule has 0 saturated carbocycles. The van der Waals surface area contributed by atoms with Gasteiger partial charge in [-0.25, -0.2) is 13.4 Å². The molecule has 9 heteroatoms. The fraction of sp³-hybridized carbons (Fsp3) is 0.625. The highest BCUT2D eigenvalue weighted by atomic mass is 32.2. The van der Waals surface area contributed by atoms with Crippen LogP contribution in [-0.2, 0) is 14.6 Å². The lowest BCUT2D eigenvalue weighted by atomic mass is 10.0. The van der Waals surface area contributed by atoms with Gasteiger partial charge < -0.3 is 9.80 Å². The van der Waals surface area contributed by atoms with Crippen LogP contribution in [0.3, 0.4) is 0 Å². The van der Waals surface area contributed by atoms with Crippen LogP contribution in [0.2, 0.25) is 0 Å². The molecule has 0 spiro atoms. The molecule has 2 aliphatic heterocycles. The maximum atomic E-state index is 12.7. The van der Waals surface area contributed by atoms with Crippen molar-refractivity contribution in [3.05, 3.63) is 24.3 Å². The molecule has 3 heterocycles. The fourth-order valence-corrected chi connectivity index (χ4v) is 5.52. The van der Waals surface area contributed by atoms with Crippen molar-refractivity contribution >= 4 is 21.7 Å². The molecule has 2 aliphatic rings. The third-order valence-electron chi connectivity index (χ3n) is 4.62. The lowest BCUT2D eigenvalue weighted by Crippen LogP contribution is -2.62. The molecule has 0 radical (unpaired) electrons. The summed E-state index contributed by atoms with van der Waals surface area (Å²) in [5.74, 6) is -0.394. The highest BCUT2D eigenvalue weighted by molar-refractivity contribution is 7.91.